The van der Waals surface area contributed by atoms with E-state index in [0.717, 1.165) is 67.6 Å². The lowest BCUT2D eigenvalue weighted by Crippen LogP contribution is -2.36. The highest BCUT2D eigenvalue weighted by Crippen LogP contribution is 2.22. The number of benzene rings is 1. The van der Waals surface area contributed by atoms with E-state index in [9.17, 15) is 0 Å². The van der Waals surface area contributed by atoms with E-state index in [1.54, 1.807) is 6.08 Å². The van der Waals surface area contributed by atoms with Gasteiger partial charge in [-0.05, 0) is 42.9 Å². The summed E-state index contributed by atoms with van der Waals surface area (Å²) in [5, 5.41) is 12.0. The Morgan fingerprint density at radius 1 is 1.19 bits per heavy atom. The van der Waals surface area contributed by atoms with Gasteiger partial charge in [0.25, 0.3) is 0 Å². The number of nitrogens with one attached hydrogen (secondary N) is 3. The third-order valence-corrected chi connectivity index (χ3v) is 6.11. The van der Waals surface area contributed by atoms with Crippen molar-refractivity contribution in [1.82, 2.24) is 10.3 Å². The molecule has 0 amide bonds. The standard InChI is InChI=1S/C21H31N4P.C7H13NO.C2H6/c1-7-18(26)11-9-10-15(3)16(4)24-25-20(8-2)19-14-17(22-5)12-13-21(19)23-6;1-2-3-8-4-6-9-7-5-8;1-2/h7-9,11-15,22-24H,2,4,10,26H2,1,3,5-6H3;2H,1,3-7H2;1-2H3/b11-9-,18-7+,25-20+;;. The van der Waals surface area contributed by atoms with Crippen molar-refractivity contribution in [3.05, 3.63) is 84.9 Å². The quantitative estimate of drug-likeness (QED) is 0.0933. The Labute approximate surface area is 228 Å². The van der Waals surface area contributed by atoms with Crippen LogP contribution < -0.4 is 16.1 Å². The van der Waals surface area contributed by atoms with Crippen molar-refractivity contribution in [2.45, 2.75) is 34.1 Å². The van der Waals surface area contributed by atoms with Crippen molar-refractivity contribution in [3.8, 4) is 0 Å². The predicted molar refractivity (Wildman–Crippen MR) is 170 cm³/mol. The normalized spacial score (nSPS) is 14.9. The molecule has 37 heavy (non-hydrogen) atoms. The van der Waals surface area contributed by atoms with Gasteiger partial charge in [-0.3, -0.25) is 10.3 Å². The molecule has 1 aromatic carbocycles. The molecule has 1 fully saturated rings. The first-order valence-corrected chi connectivity index (χ1v) is 13.6. The number of morpholine rings is 1. The van der Waals surface area contributed by atoms with Crippen LogP contribution in [0.1, 0.15) is 39.7 Å². The number of hydrogen-bond donors (Lipinski definition) is 3. The molecule has 1 aromatic rings. The Kier molecular flexibility index (Phi) is 19.9. The fourth-order valence-electron chi connectivity index (χ4n) is 3.20. The maximum Gasteiger partial charge on any atom is 0.0921 e. The summed E-state index contributed by atoms with van der Waals surface area (Å²) in [6.07, 6.45) is 10.9. The van der Waals surface area contributed by atoms with E-state index in [0.29, 0.717) is 0 Å². The lowest BCUT2D eigenvalue weighted by atomic mass is 10.0. The lowest BCUT2D eigenvalue weighted by Gasteiger charge is -2.24. The van der Waals surface area contributed by atoms with Gasteiger partial charge in [0.1, 0.15) is 0 Å². The van der Waals surface area contributed by atoms with E-state index in [1.165, 1.54) is 5.31 Å². The van der Waals surface area contributed by atoms with Crippen molar-refractivity contribution in [1.29, 1.82) is 0 Å². The molecule has 2 atom stereocenters. The number of ether oxygens (including phenoxy) is 1. The molecule has 1 aliphatic rings. The highest BCUT2D eigenvalue weighted by Gasteiger charge is 2.09. The second-order valence-corrected chi connectivity index (χ2v) is 8.79. The summed E-state index contributed by atoms with van der Waals surface area (Å²) in [5.74, 6) is 0.267. The molecule has 7 heteroatoms. The zero-order chi connectivity index (χ0) is 28.1. The van der Waals surface area contributed by atoms with Crippen molar-refractivity contribution < 1.29 is 4.74 Å². The Hall–Kier alpha value is -2.66. The summed E-state index contributed by atoms with van der Waals surface area (Å²) < 4.78 is 5.17. The highest BCUT2D eigenvalue weighted by atomic mass is 31.0. The van der Waals surface area contributed by atoms with Crippen LogP contribution in [0.2, 0.25) is 0 Å². The average molecular weight is 528 g/mol. The smallest absolute Gasteiger partial charge is 0.0921 e. The van der Waals surface area contributed by atoms with E-state index in [1.807, 2.05) is 59.1 Å². The Bertz CT molecular complexity index is 901. The molecule has 3 N–H and O–H groups in total. The number of hydrazone groups is 1. The summed E-state index contributed by atoms with van der Waals surface area (Å²) in [4.78, 5) is 2.33. The Morgan fingerprint density at radius 3 is 2.41 bits per heavy atom. The molecule has 0 aliphatic carbocycles. The van der Waals surface area contributed by atoms with E-state index in [-0.39, 0.29) is 5.92 Å². The predicted octanol–water partition coefficient (Wildman–Crippen LogP) is 6.66. The fraction of sp³-hybridized carbons (Fsp3) is 0.433. The Balaban J connectivity index is 0.000000977. The van der Waals surface area contributed by atoms with Crippen LogP contribution in [-0.2, 0) is 4.74 Å². The molecule has 1 saturated heterocycles. The molecule has 0 radical (unpaired) electrons. The van der Waals surface area contributed by atoms with Crippen LogP contribution in [0.15, 0.2) is 84.4 Å². The number of rotatable bonds is 12. The zero-order valence-electron chi connectivity index (χ0n) is 23.9. The monoisotopic (exact) mass is 527 g/mol. The molecule has 6 nitrogen and oxygen atoms in total. The average Bonchev–Trinajstić information content (AvgIpc) is 2.95. The molecule has 1 aliphatic heterocycles. The van der Waals surface area contributed by atoms with Crippen LogP contribution in [0.4, 0.5) is 11.4 Å². The maximum atomic E-state index is 5.17. The van der Waals surface area contributed by atoms with Crippen molar-refractivity contribution in [3.63, 3.8) is 0 Å². The van der Waals surface area contributed by atoms with Crippen LogP contribution in [-0.4, -0.2) is 57.6 Å². The van der Waals surface area contributed by atoms with Gasteiger partial charge in [0.2, 0.25) is 0 Å². The first-order chi connectivity index (χ1) is 17.9. The van der Waals surface area contributed by atoms with Crippen LogP contribution in [0.3, 0.4) is 0 Å². The van der Waals surface area contributed by atoms with Crippen LogP contribution in [0.25, 0.3) is 0 Å². The largest absolute Gasteiger partial charge is 0.388 e. The zero-order valence-corrected chi connectivity index (χ0v) is 25.1. The van der Waals surface area contributed by atoms with Crippen LogP contribution in [0.5, 0.6) is 0 Å². The van der Waals surface area contributed by atoms with Gasteiger partial charge in [-0.15, -0.1) is 15.8 Å². The summed E-state index contributed by atoms with van der Waals surface area (Å²) in [6.45, 7) is 24.7. The molecule has 0 aromatic heterocycles. The second kappa shape index (κ2) is 21.4. The molecule has 0 spiro atoms. The molecule has 0 bridgehead atoms. The second-order valence-electron chi connectivity index (χ2n) is 8.13. The number of anilines is 2. The maximum absolute atomic E-state index is 5.17. The minimum Gasteiger partial charge on any atom is -0.388 e. The van der Waals surface area contributed by atoms with E-state index >= 15 is 0 Å². The molecule has 2 rings (SSSR count). The minimum atomic E-state index is 0.267. The van der Waals surface area contributed by atoms with Gasteiger partial charge in [0.15, 0.2) is 0 Å². The van der Waals surface area contributed by atoms with Gasteiger partial charge < -0.3 is 15.4 Å². The van der Waals surface area contributed by atoms with Gasteiger partial charge in [-0.25, -0.2) is 0 Å². The SMILES string of the molecule is C=C/C(=N\NC(=C)C(C)C/C=C\C(P)=C/C)c1cc(NC)ccc1NC.C=CCN1CCOCC1.CC. The van der Waals surface area contributed by atoms with Crippen molar-refractivity contribution >= 4 is 26.3 Å². The molecular weight excluding hydrogens is 477 g/mol. The number of nitrogens with zero attached hydrogens (tertiary/aromatic N) is 2. The molecule has 206 valence electrons. The molecule has 2 unspecified atom stereocenters. The molecule has 1 heterocycles. The number of hydrogen-bond acceptors (Lipinski definition) is 6. The third kappa shape index (κ3) is 14.0. The van der Waals surface area contributed by atoms with E-state index in [2.05, 4.69) is 80.2 Å². The third-order valence-electron chi connectivity index (χ3n) is 5.59. The summed E-state index contributed by atoms with van der Waals surface area (Å²) >= 11 is 0. The van der Waals surface area contributed by atoms with Crippen molar-refractivity contribution in [2.75, 3.05) is 57.6 Å². The van der Waals surface area contributed by atoms with Gasteiger partial charge >= 0.3 is 0 Å². The minimum absolute atomic E-state index is 0.267. The van der Waals surface area contributed by atoms with E-state index in [4.69, 9.17) is 4.74 Å². The van der Waals surface area contributed by atoms with Crippen LogP contribution >= 0.6 is 9.24 Å². The van der Waals surface area contributed by atoms with Gasteiger partial charge in [-0.2, -0.15) is 5.10 Å². The van der Waals surface area contributed by atoms with E-state index < -0.39 is 0 Å². The summed E-state index contributed by atoms with van der Waals surface area (Å²) in [5.41, 5.74) is 7.71. The van der Waals surface area contributed by atoms with Crippen molar-refractivity contribution in [2.24, 2.45) is 11.0 Å². The summed E-state index contributed by atoms with van der Waals surface area (Å²) in [7, 11) is 6.49. The lowest BCUT2D eigenvalue weighted by molar-refractivity contribution is 0.0434. The summed E-state index contributed by atoms with van der Waals surface area (Å²) in [6, 6.07) is 6.08. The van der Waals surface area contributed by atoms with Gasteiger partial charge in [-0.1, -0.05) is 58.2 Å². The first-order valence-electron chi connectivity index (χ1n) is 13.0. The molecular formula is C30H50N5OP. The topological polar surface area (TPSA) is 60.9 Å². The first kappa shape index (κ1) is 34.3. The van der Waals surface area contributed by atoms with Gasteiger partial charge in [0, 0.05) is 62.3 Å². The van der Waals surface area contributed by atoms with Crippen LogP contribution in [0, 0.1) is 5.92 Å². The van der Waals surface area contributed by atoms with Gasteiger partial charge in [0.05, 0.1) is 18.9 Å². The molecule has 0 saturated carbocycles. The highest BCUT2D eigenvalue weighted by molar-refractivity contribution is 7.22. The Morgan fingerprint density at radius 2 is 1.86 bits per heavy atom. The fourth-order valence-corrected chi connectivity index (χ4v) is 3.34. The number of allylic oxidation sites excluding steroid dienone is 6.